The fourth-order valence-electron chi connectivity index (χ4n) is 3.06. The first-order valence-corrected chi connectivity index (χ1v) is 7.83. The van der Waals surface area contributed by atoms with Crippen LogP contribution >= 0.6 is 11.5 Å². The molecule has 1 aromatic rings. The van der Waals surface area contributed by atoms with Crippen molar-refractivity contribution in [2.24, 2.45) is 5.92 Å². The van der Waals surface area contributed by atoms with Crippen LogP contribution in [-0.2, 0) is 4.79 Å². The molecule has 2 aliphatic rings. The lowest BCUT2D eigenvalue weighted by molar-refractivity contribution is -0.141. The molecule has 104 valence electrons. The average Bonchev–Trinajstić information content (AvgIpc) is 3.09. The molecule has 1 aliphatic heterocycles. The predicted octanol–water partition coefficient (Wildman–Crippen LogP) is 2.50. The summed E-state index contributed by atoms with van der Waals surface area (Å²) in [6, 6.07) is 0. The van der Waals surface area contributed by atoms with Gasteiger partial charge < -0.3 is 10.0 Å². The molecule has 0 bridgehead atoms. The van der Waals surface area contributed by atoms with Crippen LogP contribution in [0.4, 0.5) is 5.13 Å². The van der Waals surface area contributed by atoms with Crippen LogP contribution in [0.1, 0.15) is 50.3 Å². The van der Waals surface area contributed by atoms with Gasteiger partial charge in [0.2, 0.25) is 5.13 Å². The van der Waals surface area contributed by atoms with Crippen molar-refractivity contribution >= 4 is 22.6 Å². The number of hydrogen-bond acceptors (Lipinski definition) is 5. The number of anilines is 1. The first kappa shape index (κ1) is 12.8. The number of carboxylic acid groups (broad SMARTS) is 1. The number of carboxylic acids is 1. The van der Waals surface area contributed by atoms with Gasteiger partial charge >= 0.3 is 5.97 Å². The van der Waals surface area contributed by atoms with Crippen molar-refractivity contribution in [1.82, 2.24) is 9.36 Å². The van der Waals surface area contributed by atoms with Crippen LogP contribution in [0.5, 0.6) is 0 Å². The molecule has 6 heteroatoms. The number of rotatable bonds is 3. The molecule has 1 aliphatic carbocycles. The Labute approximate surface area is 116 Å². The first-order valence-electron chi connectivity index (χ1n) is 7.05. The highest BCUT2D eigenvalue weighted by Gasteiger charge is 2.28. The maximum atomic E-state index is 11.1. The van der Waals surface area contributed by atoms with Crippen molar-refractivity contribution in [3.05, 3.63) is 5.82 Å². The zero-order chi connectivity index (χ0) is 13.2. The molecule has 2 fully saturated rings. The van der Waals surface area contributed by atoms with Gasteiger partial charge in [-0.25, -0.2) is 4.98 Å². The summed E-state index contributed by atoms with van der Waals surface area (Å²) in [7, 11) is 0. The highest BCUT2D eigenvalue weighted by molar-refractivity contribution is 7.09. The molecule has 3 rings (SSSR count). The second-order valence-corrected chi connectivity index (χ2v) is 6.27. The van der Waals surface area contributed by atoms with Gasteiger partial charge in [-0.1, -0.05) is 12.8 Å². The Kier molecular flexibility index (Phi) is 3.68. The molecule has 0 amide bonds. The summed E-state index contributed by atoms with van der Waals surface area (Å²) < 4.78 is 4.48. The van der Waals surface area contributed by atoms with E-state index in [1.54, 1.807) is 0 Å². The zero-order valence-corrected chi connectivity index (χ0v) is 11.7. The molecule has 0 spiro atoms. The maximum absolute atomic E-state index is 11.1. The second-order valence-electron chi connectivity index (χ2n) is 5.54. The summed E-state index contributed by atoms with van der Waals surface area (Å²) in [5, 5.41) is 10.0. The Morgan fingerprint density at radius 1 is 1.26 bits per heavy atom. The van der Waals surface area contributed by atoms with Gasteiger partial charge in [0.25, 0.3) is 0 Å². The normalized spacial score (nSPS) is 24.8. The monoisotopic (exact) mass is 281 g/mol. The Morgan fingerprint density at radius 2 is 2.05 bits per heavy atom. The van der Waals surface area contributed by atoms with Gasteiger partial charge in [0.1, 0.15) is 5.82 Å². The number of carbonyl (C=O) groups is 1. The van der Waals surface area contributed by atoms with Crippen LogP contribution in [0.3, 0.4) is 0 Å². The standard InChI is InChI=1S/C13H19N3O2S/c17-12(18)10-6-3-7-16(8-10)13-14-11(15-19-13)9-4-1-2-5-9/h9-10H,1-8H2,(H,17,18). The zero-order valence-electron chi connectivity index (χ0n) is 10.9. The first-order chi connectivity index (χ1) is 9.24. The second kappa shape index (κ2) is 5.45. The molecule has 0 radical (unpaired) electrons. The number of piperidine rings is 1. The molecule has 2 heterocycles. The van der Waals surface area contributed by atoms with Crippen molar-refractivity contribution < 1.29 is 9.90 Å². The molecule has 5 nitrogen and oxygen atoms in total. The largest absolute Gasteiger partial charge is 0.481 e. The Balaban J connectivity index is 1.69. The molecule has 1 atom stereocenters. The fraction of sp³-hybridized carbons (Fsp3) is 0.769. The topological polar surface area (TPSA) is 66.3 Å². The molecule has 0 aromatic carbocycles. The van der Waals surface area contributed by atoms with Crippen molar-refractivity contribution in [3.63, 3.8) is 0 Å². The minimum atomic E-state index is -0.690. The Morgan fingerprint density at radius 3 is 2.79 bits per heavy atom. The molecular formula is C13H19N3O2S. The summed E-state index contributed by atoms with van der Waals surface area (Å²) in [5.74, 6) is 0.567. The lowest BCUT2D eigenvalue weighted by atomic mass is 9.99. The number of aromatic nitrogens is 2. The summed E-state index contributed by atoms with van der Waals surface area (Å²) in [5.41, 5.74) is 0. The van der Waals surface area contributed by atoms with Crippen LogP contribution in [0.2, 0.25) is 0 Å². The van der Waals surface area contributed by atoms with E-state index >= 15 is 0 Å². The van der Waals surface area contributed by atoms with E-state index in [-0.39, 0.29) is 5.92 Å². The lowest BCUT2D eigenvalue weighted by Crippen LogP contribution is -2.38. The SMILES string of the molecule is O=C(O)C1CCCN(c2nc(C3CCCC3)ns2)C1. The lowest BCUT2D eigenvalue weighted by Gasteiger charge is -2.29. The fourth-order valence-corrected chi connectivity index (χ4v) is 3.84. The molecule has 1 aromatic heterocycles. The van der Waals surface area contributed by atoms with E-state index in [4.69, 9.17) is 5.11 Å². The van der Waals surface area contributed by atoms with Crippen LogP contribution in [0.25, 0.3) is 0 Å². The van der Waals surface area contributed by atoms with Gasteiger partial charge in [-0.3, -0.25) is 4.79 Å². The van der Waals surface area contributed by atoms with E-state index in [1.165, 1.54) is 37.2 Å². The van der Waals surface area contributed by atoms with Gasteiger partial charge in [-0.15, -0.1) is 0 Å². The Bertz CT molecular complexity index is 456. The third-order valence-electron chi connectivity index (χ3n) is 4.19. The molecule has 1 saturated heterocycles. The van der Waals surface area contributed by atoms with E-state index in [9.17, 15) is 4.79 Å². The van der Waals surface area contributed by atoms with Crippen LogP contribution < -0.4 is 4.90 Å². The van der Waals surface area contributed by atoms with Crippen molar-refractivity contribution in [3.8, 4) is 0 Å². The average molecular weight is 281 g/mol. The van der Waals surface area contributed by atoms with Crippen molar-refractivity contribution in [2.45, 2.75) is 44.4 Å². The van der Waals surface area contributed by atoms with E-state index in [0.717, 1.165) is 30.3 Å². The quantitative estimate of drug-likeness (QED) is 0.922. The molecule has 19 heavy (non-hydrogen) atoms. The summed E-state index contributed by atoms with van der Waals surface area (Å²) in [6.45, 7) is 1.48. The summed E-state index contributed by atoms with van der Waals surface area (Å²) in [4.78, 5) is 17.8. The summed E-state index contributed by atoms with van der Waals surface area (Å²) in [6.07, 6.45) is 6.67. The van der Waals surface area contributed by atoms with Crippen molar-refractivity contribution in [1.29, 1.82) is 0 Å². The Hall–Kier alpha value is -1.17. The minimum Gasteiger partial charge on any atom is -0.481 e. The predicted molar refractivity (Wildman–Crippen MR) is 73.7 cm³/mol. The highest BCUT2D eigenvalue weighted by atomic mass is 32.1. The van der Waals surface area contributed by atoms with Crippen LogP contribution in [0.15, 0.2) is 0 Å². The van der Waals surface area contributed by atoms with Gasteiger partial charge in [-0.05, 0) is 25.7 Å². The molecular weight excluding hydrogens is 262 g/mol. The summed E-state index contributed by atoms with van der Waals surface area (Å²) >= 11 is 1.43. The van der Waals surface area contributed by atoms with Gasteiger partial charge in [0, 0.05) is 30.5 Å². The van der Waals surface area contributed by atoms with Crippen LogP contribution in [0, 0.1) is 5.92 Å². The third kappa shape index (κ3) is 2.73. The van der Waals surface area contributed by atoms with Gasteiger partial charge in [0.05, 0.1) is 5.92 Å². The number of aliphatic carboxylic acids is 1. The van der Waals surface area contributed by atoms with E-state index < -0.39 is 5.97 Å². The van der Waals surface area contributed by atoms with Crippen molar-refractivity contribution in [2.75, 3.05) is 18.0 Å². The molecule has 1 saturated carbocycles. The number of hydrogen-bond donors (Lipinski definition) is 1. The highest BCUT2D eigenvalue weighted by Crippen LogP contribution is 2.35. The smallest absolute Gasteiger partial charge is 0.308 e. The van der Waals surface area contributed by atoms with Crippen LogP contribution in [-0.4, -0.2) is 33.5 Å². The molecule has 1 unspecified atom stereocenters. The van der Waals surface area contributed by atoms with E-state index in [1.807, 2.05) is 0 Å². The van der Waals surface area contributed by atoms with E-state index in [0.29, 0.717) is 12.5 Å². The van der Waals surface area contributed by atoms with Gasteiger partial charge in [-0.2, -0.15) is 4.37 Å². The number of nitrogens with zero attached hydrogens (tertiary/aromatic N) is 3. The van der Waals surface area contributed by atoms with E-state index in [2.05, 4.69) is 14.3 Å². The van der Waals surface area contributed by atoms with Gasteiger partial charge in [0.15, 0.2) is 0 Å². The minimum absolute atomic E-state index is 0.257. The third-order valence-corrected chi connectivity index (χ3v) is 4.98. The maximum Gasteiger partial charge on any atom is 0.308 e. The molecule has 1 N–H and O–H groups in total.